The van der Waals surface area contributed by atoms with Gasteiger partial charge in [-0.2, -0.15) is 5.26 Å². The van der Waals surface area contributed by atoms with Gasteiger partial charge < -0.3 is 4.74 Å². The van der Waals surface area contributed by atoms with E-state index in [-0.39, 0.29) is 12.2 Å². The van der Waals surface area contributed by atoms with E-state index < -0.39 is 5.97 Å². The standard InChI is InChI=1S/C6H7NO2/c1-5(3-4-7)9-6(2)8/h1,3H2,2H3. The highest BCUT2D eigenvalue weighted by molar-refractivity contribution is 5.67. The van der Waals surface area contributed by atoms with Gasteiger partial charge in [-0.15, -0.1) is 0 Å². The lowest BCUT2D eigenvalue weighted by atomic mass is 10.4. The molecule has 3 heteroatoms. The number of nitriles is 1. The Kier molecular flexibility index (Phi) is 3.14. The van der Waals surface area contributed by atoms with Crippen molar-refractivity contribution in [2.24, 2.45) is 0 Å². The minimum absolute atomic E-state index is 0.0690. The van der Waals surface area contributed by atoms with Crippen LogP contribution in [0.3, 0.4) is 0 Å². The number of esters is 1. The molecule has 0 aromatic heterocycles. The van der Waals surface area contributed by atoms with Crippen molar-refractivity contribution < 1.29 is 9.53 Å². The molecule has 0 aliphatic rings. The van der Waals surface area contributed by atoms with Gasteiger partial charge >= 0.3 is 5.97 Å². The lowest BCUT2D eigenvalue weighted by Crippen LogP contribution is -1.96. The molecule has 0 aromatic carbocycles. The maximum absolute atomic E-state index is 10.1. The van der Waals surface area contributed by atoms with Crippen molar-refractivity contribution in [3.05, 3.63) is 12.3 Å². The highest BCUT2D eigenvalue weighted by atomic mass is 16.5. The minimum atomic E-state index is -0.435. The van der Waals surface area contributed by atoms with Gasteiger partial charge in [-0.05, 0) is 0 Å². The van der Waals surface area contributed by atoms with Gasteiger partial charge in [0.05, 0.1) is 12.5 Å². The predicted octanol–water partition coefficient (Wildman–Crippen LogP) is 0.977. The largest absolute Gasteiger partial charge is 0.431 e. The van der Waals surface area contributed by atoms with Gasteiger partial charge in [-0.25, -0.2) is 0 Å². The first kappa shape index (κ1) is 7.70. The minimum Gasteiger partial charge on any atom is -0.431 e. The molecular formula is C6H7NO2. The predicted molar refractivity (Wildman–Crippen MR) is 31.1 cm³/mol. The third-order valence-corrected chi connectivity index (χ3v) is 0.564. The summed E-state index contributed by atoms with van der Waals surface area (Å²) in [5, 5.41) is 8.05. The SMILES string of the molecule is C=C(CC#N)OC(C)=O. The Morgan fingerprint density at radius 1 is 1.89 bits per heavy atom. The molecule has 0 bridgehead atoms. The second-order valence-electron chi connectivity index (χ2n) is 1.47. The van der Waals surface area contributed by atoms with Crippen LogP contribution in [-0.4, -0.2) is 5.97 Å². The molecule has 3 nitrogen and oxygen atoms in total. The summed E-state index contributed by atoms with van der Waals surface area (Å²) in [6.45, 7) is 4.59. The fourth-order valence-corrected chi connectivity index (χ4v) is 0.328. The van der Waals surface area contributed by atoms with Crippen LogP contribution in [0.25, 0.3) is 0 Å². The van der Waals surface area contributed by atoms with E-state index in [1.165, 1.54) is 6.92 Å². The Balaban J connectivity index is 3.54. The van der Waals surface area contributed by atoms with Crippen LogP contribution in [0.5, 0.6) is 0 Å². The van der Waals surface area contributed by atoms with Crippen LogP contribution in [-0.2, 0) is 9.53 Å². The topological polar surface area (TPSA) is 50.1 Å². The Hall–Kier alpha value is -1.30. The first-order valence-electron chi connectivity index (χ1n) is 2.40. The van der Waals surface area contributed by atoms with E-state index in [0.717, 1.165) is 0 Å². The summed E-state index contributed by atoms with van der Waals surface area (Å²) in [7, 11) is 0. The molecular weight excluding hydrogens is 118 g/mol. The molecule has 0 spiro atoms. The van der Waals surface area contributed by atoms with Crippen LogP contribution in [0.4, 0.5) is 0 Å². The van der Waals surface area contributed by atoms with Gasteiger partial charge in [0.25, 0.3) is 0 Å². The zero-order chi connectivity index (χ0) is 7.28. The monoisotopic (exact) mass is 125 g/mol. The van der Waals surface area contributed by atoms with Crippen molar-refractivity contribution in [2.45, 2.75) is 13.3 Å². The number of carbonyl (C=O) groups excluding carboxylic acids is 1. The summed E-state index contributed by atoms with van der Waals surface area (Å²) in [5.41, 5.74) is 0. The Morgan fingerprint density at radius 2 is 2.44 bits per heavy atom. The molecule has 48 valence electrons. The molecule has 0 rings (SSSR count). The van der Waals surface area contributed by atoms with Crippen LogP contribution in [0.15, 0.2) is 12.3 Å². The molecule has 0 unspecified atom stereocenters. The third kappa shape index (κ3) is 4.56. The summed E-state index contributed by atoms with van der Waals surface area (Å²) in [4.78, 5) is 10.1. The van der Waals surface area contributed by atoms with Gasteiger partial charge in [0.15, 0.2) is 0 Å². The summed E-state index contributed by atoms with van der Waals surface area (Å²) < 4.78 is 4.43. The fraction of sp³-hybridized carbons (Fsp3) is 0.333. The van der Waals surface area contributed by atoms with Crippen molar-refractivity contribution >= 4 is 5.97 Å². The van der Waals surface area contributed by atoms with E-state index in [0.29, 0.717) is 0 Å². The van der Waals surface area contributed by atoms with E-state index in [2.05, 4.69) is 11.3 Å². The second-order valence-corrected chi connectivity index (χ2v) is 1.47. The van der Waals surface area contributed by atoms with Crippen molar-refractivity contribution in [3.8, 4) is 6.07 Å². The van der Waals surface area contributed by atoms with Crippen molar-refractivity contribution in [1.82, 2.24) is 0 Å². The van der Waals surface area contributed by atoms with E-state index in [9.17, 15) is 4.79 Å². The average molecular weight is 125 g/mol. The lowest BCUT2D eigenvalue weighted by Gasteiger charge is -1.97. The molecule has 0 aliphatic heterocycles. The summed E-state index contributed by atoms with van der Waals surface area (Å²) in [6, 6.07) is 1.80. The van der Waals surface area contributed by atoms with Crippen molar-refractivity contribution in [2.75, 3.05) is 0 Å². The first-order valence-corrected chi connectivity index (χ1v) is 2.40. The van der Waals surface area contributed by atoms with E-state index in [1.807, 2.05) is 0 Å². The number of rotatable bonds is 2. The normalized spacial score (nSPS) is 7.56. The molecule has 0 saturated carbocycles. The first-order chi connectivity index (χ1) is 4.16. The quantitative estimate of drug-likeness (QED) is 0.408. The molecule has 9 heavy (non-hydrogen) atoms. The number of hydrogen-bond donors (Lipinski definition) is 0. The maximum atomic E-state index is 10.1. The lowest BCUT2D eigenvalue weighted by molar-refractivity contribution is -0.136. The van der Waals surface area contributed by atoms with Crippen LogP contribution in [0.2, 0.25) is 0 Å². The summed E-state index contributed by atoms with van der Waals surface area (Å²) >= 11 is 0. The number of allylic oxidation sites excluding steroid dienone is 1. The summed E-state index contributed by atoms with van der Waals surface area (Å²) in [6.07, 6.45) is 0.0690. The van der Waals surface area contributed by atoms with E-state index in [1.54, 1.807) is 6.07 Å². The van der Waals surface area contributed by atoms with Crippen LogP contribution in [0.1, 0.15) is 13.3 Å². The molecule has 0 saturated heterocycles. The van der Waals surface area contributed by atoms with Gasteiger partial charge in [0.2, 0.25) is 0 Å². The van der Waals surface area contributed by atoms with Gasteiger partial charge in [0.1, 0.15) is 5.76 Å². The smallest absolute Gasteiger partial charge is 0.307 e. The van der Waals surface area contributed by atoms with Crippen molar-refractivity contribution in [1.29, 1.82) is 5.26 Å². The van der Waals surface area contributed by atoms with Crippen molar-refractivity contribution in [3.63, 3.8) is 0 Å². The Bertz CT molecular complexity index is 166. The van der Waals surface area contributed by atoms with Crippen LogP contribution < -0.4 is 0 Å². The average Bonchev–Trinajstić information content (AvgIpc) is 1.63. The number of nitrogens with zero attached hydrogens (tertiary/aromatic N) is 1. The van der Waals surface area contributed by atoms with Gasteiger partial charge in [-0.3, -0.25) is 4.79 Å². The number of ether oxygens (including phenoxy) is 1. The molecule has 0 atom stereocenters. The van der Waals surface area contributed by atoms with E-state index >= 15 is 0 Å². The van der Waals surface area contributed by atoms with Crippen LogP contribution >= 0.6 is 0 Å². The highest BCUT2D eigenvalue weighted by Crippen LogP contribution is 1.97. The Morgan fingerprint density at radius 3 is 2.78 bits per heavy atom. The number of hydrogen-bond acceptors (Lipinski definition) is 3. The zero-order valence-corrected chi connectivity index (χ0v) is 5.18. The molecule has 0 fully saturated rings. The van der Waals surface area contributed by atoms with E-state index in [4.69, 9.17) is 5.26 Å². The zero-order valence-electron chi connectivity index (χ0n) is 5.18. The fourth-order valence-electron chi connectivity index (χ4n) is 0.328. The highest BCUT2D eigenvalue weighted by Gasteiger charge is 1.95. The molecule has 0 aliphatic carbocycles. The van der Waals surface area contributed by atoms with Gasteiger partial charge in [-0.1, -0.05) is 6.58 Å². The van der Waals surface area contributed by atoms with Crippen LogP contribution in [0, 0.1) is 11.3 Å². The molecule has 0 aromatic rings. The molecule has 0 amide bonds. The summed E-state index contributed by atoms with van der Waals surface area (Å²) in [5.74, 6) is -0.236. The number of carbonyl (C=O) groups is 1. The molecule has 0 radical (unpaired) electrons. The molecule has 0 N–H and O–H groups in total. The Labute approximate surface area is 53.5 Å². The maximum Gasteiger partial charge on any atom is 0.307 e. The second kappa shape index (κ2) is 3.67. The third-order valence-electron chi connectivity index (χ3n) is 0.564. The molecule has 0 heterocycles. The van der Waals surface area contributed by atoms with Gasteiger partial charge in [0, 0.05) is 6.92 Å².